The third kappa shape index (κ3) is 3.41. The van der Waals surface area contributed by atoms with Gasteiger partial charge in [0.1, 0.15) is 5.69 Å². The summed E-state index contributed by atoms with van der Waals surface area (Å²) in [4.78, 5) is 12.4. The first-order chi connectivity index (χ1) is 9.71. The zero-order valence-electron chi connectivity index (χ0n) is 12.1. The average molecular weight is 280 g/mol. The number of methoxy groups -OCH3 is 1. The van der Waals surface area contributed by atoms with Gasteiger partial charge in [-0.2, -0.15) is 0 Å². The zero-order chi connectivity index (χ0) is 14.4. The van der Waals surface area contributed by atoms with Gasteiger partial charge in [0.25, 0.3) is 5.91 Å². The Morgan fingerprint density at radius 3 is 2.85 bits per heavy atom. The standard InChI is InChI=1S/C15H24N2O3/c1-20-11-10-17-9-5-6-13(17)14(19)16-15(12-18)7-3-2-4-8-15/h5-6,9,18H,2-4,7-8,10-12H2,1H3,(H,16,19). The summed E-state index contributed by atoms with van der Waals surface area (Å²) < 4.78 is 6.93. The first kappa shape index (κ1) is 15.1. The Labute approximate surface area is 119 Å². The predicted molar refractivity (Wildman–Crippen MR) is 76.7 cm³/mol. The van der Waals surface area contributed by atoms with Crippen LogP contribution in [0.4, 0.5) is 0 Å². The lowest BCUT2D eigenvalue weighted by atomic mass is 9.82. The van der Waals surface area contributed by atoms with Gasteiger partial charge in [-0.25, -0.2) is 0 Å². The maximum atomic E-state index is 12.4. The number of carbonyl (C=O) groups excluding carboxylic acids is 1. The van der Waals surface area contributed by atoms with Crippen LogP contribution in [0.5, 0.6) is 0 Å². The van der Waals surface area contributed by atoms with Crippen molar-refractivity contribution in [2.75, 3.05) is 20.3 Å². The lowest BCUT2D eigenvalue weighted by molar-refractivity contribution is 0.0748. The van der Waals surface area contributed by atoms with Gasteiger partial charge in [0.05, 0.1) is 18.8 Å². The number of aromatic nitrogens is 1. The summed E-state index contributed by atoms with van der Waals surface area (Å²) >= 11 is 0. The predicted octanol–water partition coefficient (Wildman–Crippen LogP) is 1.56. The third-order valence-corrected chi connectivity index (χ3v) is 4.09. The number of amides is 1. The van der Waals surface area contributed by atoms with Crippen molar-refractivity contribution < 1.29 is 14.6 Å². The highest BCUT2D eigenvalue weighted by atomic mass is 16.5. The number of aliphatic hydroxyl groups excluding tert-OH is 1. The maximum absolute atomic E-state index is 12.4. The summed E-state index contributed by atoms with van der Waals surface area (Å²) in [6.07, 6.45) is 6.89. The number of carbonyl (C=O) groups is 1. The molecular weight excluding hydrogens is 256 g/mol. The van der Waals surface area contributed by atoms with E-state index in [9.17, 15) is 9.90 Å². The van der Waals surface area contributed by atoms with Crippen molar-refractivity contribution in [2.45, 2.75) is 44.2 Å². The van der Waals surface area contributed by atoms with E-state index in [1.807, 2.05) is 16.8 Å². The van der Waals surface area contributed by atoms with Crippen LogP contribution in [0, 0.1) is 0 Å². The molecule has 2 N–H and O–H groups in total. The fraction of sp³-hybridized carbons (Fsp3) is 0.667. The Hall–Kier alpha value is -1.33. The topological polar surface area (TPSA) is 63.5 Å². The van der Waals surface area contributed by atoms with Crippen LogP contribution in [0.1, 0.15) is 42.6 Å². The van der Waals surface area contributed by atoms with Crippen molar-refractivity contribution >= 4 is 5.91 Å². The molecule has 0 unspecified atom stereocenters. The van der Waals surface area contributed by atoms with Gasteiger partial charge in [-0.15, -0.1) is 0 Å². The van der Waals surface area contributed by atoms with Crippen molar-refractivity contribution in [2.24, 2.45) is 0 Å². The fourth-order valence-corrected chi connectivity index (χ4v) is 2.86. The Balaban J connectivity index is 2.05. The van der Waals surface area contributed by atoms with Crippen molar-refractivity contribution in [3.63, 3.8) is 0 Å². The highest BCUT2D eigenvalue weighted by Crippen LogP contribution is 2.28. The molecule has 0 aromatic carbocycles. The minimum absolute atomic E-state index is 0.0114. The van der Waals surface area contributed by atoms with Crippen LogP contribution in [-0.4, -0.2) is 41.4 Å². The van der Waals surface area contributed by atoms with Crippen molar-refractivity contribution in [1.29, 1.82) is 0 Å². The number of ether oxygens (including phenoxy) is 1. The maximum Gasteiger partial charge on any atom is 0.268 e. The monoisotopic (exact) mass is 280 g/mol. The Morgan fingerprint density at radius 2 is 2.20 bits per heavy atom. The largest absolute Gasteiger partial charge is 0.394 e. The molecule has 1 aromatic rings. The molecule has 0 aliphatic heterocycles. The summed E-state index contributed by atoms with van der Waals surface area (Å²) in [6, 6.07) is 3.66. The van der Waals surface area contributed by atoms with Crippen molar-refractivity contribution in [1.82, 2.24) is 9.88 Å². The molecule has 1 aromatic heterocycles. The smallest absolute Gasteiger partial charge is 0.268 e. The molecule has 2 rings (SSSR count). The van der Waals surface area contributed by atoms with Crippen LogP contribution in [0.15, 0.2) is 18.3 Å². The highest BCUT2D eigenvalue weighted by molar-refractivity contribution is 5.93. The molecule has 5 nitrogen and oxygen atoms in total. The van der Waals surface area contributed by atoms with E-state index in [4.69, 9.17) is 4.74 Å². The molecule has 1 saturated carbocycles. The lowest BCUT2D eigenvalue weighted by Crippen LogP contribution is -2.52. The summed E-state index contributed by atoms with van der Waals surface area (Å²) in [5, 5.41) is 12.7. The van der Waals surface area contributed by atoms with E-state index in [1.54, 1.807) is 13.2 Å². The normalized spacial score (nSPS) is 17.9. The molecule has 20 heavy (non-hydrogen) atoms. The van der Waals surface area contributed by atoms with Crippen LogP contribution in [0.2, 0.25) is 0 Å². The van der Waals surface area contributed by atoms with Gasteiger partial charge < -0.3 is 19.7 Å². The van der Waals surface area contributed by atoms with E-state index in [0.29, 0.717) is 18.8 Å². The van der Waals surface area contributed by atoms with Crippen molar-refractivity contribution in [3.05, 3.63) is 24.0 Å². The van der Waals surface area contributed by atoms with Crippen molar-refractivity contribution in [3.8, 4) is 0 Å². The molecule has 5 heteroatoms. The molecule has 1 aliphatic carbocycles. The van der Waals surface area contributed by atoms with E-state index in [0.717, 1.165) is 25.7 Å². The van der Waals surface area contributed by atoms with Crippen LogP contribution < -0.4 is 5.32 Å². The number of hydrogen-bond acceptors (Lipinski definition) is 3. The van der Waals surface area contributed by atoms with Gasteiger partial charge in [-0.1, -0.05) is 19.3 Å². The second-order valence-corrected chi connectivity index (χ2v) is 5.53. The quantitative estimate of drug-likeness (QED) is 0.831. The lowest BCUT2D eigenvalue weighted by Gasteiger charge is -2.36. The minimum atomic E-state index is -0.439. The second-order valence-electron chi connectivity index (χ2n) is 5.53. The molecule has 1 amide bonds. The second kappa shape index (κ2) is 6.90. The number of aliphatic hydroxyl groups is 1. The average Bonchev–Trinajstić information content (AvgIpc) is 2.94. The fourth-order valence-electron chi connectivity index (χ4n) is 2.86. The van der Waals surface area contributed by atoms with Gasteiger partial charge in [0, 0.05) is 19.9 Å². The summed E-state index contributed by atoms with van der Waals surface area (Å²) in [6.45, 7) is 1.23. The molecule has 1 aliphatic rings. The molecule has 0 radical (unpaired) electrons. The van der Waals surface area contributed by atoms with Crippen LogP contribution in [0.25, 0.3) is 0 Å². The molecular formula is C15H24N2O3. The number of nitrogens with one attached hydrogen (secondary N) is 1. The highest BCUT2D eigenvalue weighted by Gasteiger charge is 2.33. The number of nitrogens with zero attached hydrogens (tertiary/aromatic N) is 1. The van der Waals surface area contributed by atoms with E-state index in [-0.39, 0.29) is 12.5 Å². The Bertz CT molecular complexity index is 436. The minimum Gasteiger partial charge on any atom is -0.394 e. The molecule has 112 valence electrons. The van der Waals surface area contributed by atoms with E-state index >= 15 is 0 Å². The Kier molecular flexibility index (Phi) is 5.20. The van der Waals surface area contributed by atoms with E-state index < -0.39 is 5.54 Å². The van der Waals surface area contributed by atoms with E-state index in [2.05, 4.69) is 5.32 Å². The summed E-state index contributed by atoms with van der Waals surface area (Å²) in [5.74, 6) is -0.109. The van der Waals surface area contributed by atoms with E-state index in [1.165, 1.54) is 6.42 Å². The molecule has 1 fully saturated rings. The van der Waals surface area contributed by atoms with Gasteiger partial charge in [0.2, 0.25) is 0 Å². The summed E-state index contributed by atoms with van der Waals surface area (Å²) in [5.41, 5.74) is 0.187. The van der Waals surface area contributed by atoms with Gasteiger partial charge in [0.15, 0.2) is 0 Å². The van der Waals surface area contributed by atoms with Gasteiger partial charge >= 0.3 is 0 Å². The van der Waals surface area contributed by atoms with Crippen LogP contribution >= 0.6 is 0 Å². The molecule has 0 spiro atoms. The molecule has 0 atom stereocenters. The Morgan fingerprint density at radius 1 is 1.45 bits per heavy atom. The first-order valence-electron chi connectivity index (χ1n) is 7.28. The third-order valence-electron chi connectivity index (χ3n) is 4.09. The van der Waals surface area contributed by atoms with Crippen LogP contribution in [0.3, 0.4) is 0 Å². The molecule has 0 bridgehead atoms. The SMILES string of the molecule is COCCn1cccc1C(=O)NC1(CO)CCCCC1. The number of hydrogen-bond donors (Lipinski definition) is 2. The van der Waals surface area contributed by atoms with Gasteiger partial charge in [-0.3, -0.25) is 4.79 Å². The van der Waals surface area contributed by atoms with Gasteiger partial charge in [-0.05, 0) is 25.0 Å². The molecule has 1 heterocycles. The van der Waals surface area contributed by atoms with Crippen LogP contribution in [-0.2, 0) is 11.3 Å². The molecule has 0 saturated heterocycles. The number of rotatable bonds is 6. The summed E-state index contributed by atoms with van der Waals surface area (Å²) in [7, 11) is 1.64. The zero-order valence-corrected chi connectivity index (χ0v) is 12.1. The first-order valence-corrected chi connectivity index (χ1v) is 7.28.